The number of anilines is 1. The van der Waals surface area contributed by atoms with Crippen LogP contribution in [0.2, 0.25) is 10.0 Å². The van der Waals surface area contributed by atoms with E-state index in [2.05, 4.69) is 21.2 Å². The van der Waals surface area contributed by atoms with Crippen molar-refractivity contribution in [2.24, 2.45) is 0 Å². The van der Waals surface area contributed by atoms with Crippen LogP contribution in [0.1, 0.15) is 22.3 Å². The summed E-state index contributed by atoms with van der Waals surface area (Å²) in [6.45, 7) is 3.71. The van der Waals surface area contributed by atoms with Gasteiger partial charge in [0.25, 0.3) is 17.1 Å². The summed E-state index contributed by atoms with van der Waals surface area (Å²) in [7, 11) is 1.48. The summed E-state index contributed by atoms with van der Waals surface area (Å²) in [5.74, 6) is -0.00995. The van der Waals surface area contributed by atoms with Gasteiger partial charge in [0, 0.05) is 20.2 Å². The minimum absolute atomic E-state index is 0.0372. The van der Waals surface area contributed by atoms with Gasteiger partial charge in [-0.25, -0.2) is 0 Å². The number of amides is 3. The fourth-order valence-corrected chi connectivity index (χ4v) is 5.49. The van der Waals surface area contributed by atoms with Gasteiger partial charge in [0.05, 0.1) is 18.6 Å². The predicted octanol–water partition coefficient (Wildman–Crippen LogP) is 7.64. The van der Waals surface area contributed by atoms with E-state index < -0.39 is 11.1 Å². The van der Waals surface area contributed by atoms with Crippen molar-refractivity contribution in [1.29, 1.82) is 0 Å². The van der Waals surface area contributed by atoms with Crippen LogP contribution in [-0.2, 0) is 16.1 Å². The van der Waals surface area contributed by atoms with Gasteiger partial charge in [0.15, 0.2) is 18.1 Å². The molecule has 7 nitrogen and oxygen atoms in total. The van der Waals surface area contributed by atoms with Crippen LogP contribution in [0.15, 0.2) is 57.9 Å². The van der Waals surface area contributed by atoms with Gasteiger partial charge in [-0.3, -0.25) is 19.3 Å². The second kappa shape index (κ2) is 12.5. The molecular formula is C28H23BrCl2N2O5S. The summed E-state index contributed by atoms with van der Waals surface area (Å²) in [6.07, 6.45) is 1.60. The molecule has 1 heterocycles. The fourth-order valence-electron chi connectivity index (χ4n) is 3.75. The van der Waals surface area contributed by atoms with Crippen LogP contribution in [-0.4, -0.2) is 35.7 Å². The molecule has 1 saturated heterocycles. The van der Waals surface area contributed by atoms with E-state index in [4.69, 9.17) is 32.7 Å². The number of thioether (sulfide) groups is 1. The van der Waals surface area contributed by atoms with Gasteiger partial charge in [0.2, 0.25) is 0 Å². The van der Waals surface area contributed by atoms with Gasteiger partial charge < -0.3 is 14.8 Å². The number of hydrogen-bond donors (Lipinski definition) is 1. The van der Waals surface area contributed by atoms with Crippen LogP contribution in [0.3, 0.4) is 0 Å². The van der Waals surface area contributed by atoms with Gasteiger partial charge >= 0.3 is 0 Å². The highest BCUT2D eigenvalue weighted by Gasteiger charge is 2.35. The summed E-state index contributed by atoms with van der Waals surface area (Å²) < 4.78 is 12.1. The third-order valence-electron chi connectivity index (χ3n) is 6.06. The first-order valence-electron chi connectivity index (χ1n) is 11.6. The highest BCUT2D eigenvalue weighted by Crippen LogP contribution is 2.36. The molecular weight excluding hydrogens is 627 g/mol. The monoisotopic (exact) mass is 648 g/mol. The average molecular weight is 650 g/mol. The smallest absolute Gasteiger partial charge is 0.293 e. The number of nitrogens with one attached hydrogen (secondary N) is 1. The lowest BCUT2D eigenvalue weighted by Crippen LogP contribution is -2.27. The second-order valence-electron chi connectivity index (χ2n) is 8.60. The molecule has 0 spiro atoms. The topological polar surface area (TPSA) is 84.9 Å². The number of hydrogen-bond acceptors (Lipinski definition) is 6. The molecule has 1 fully saturated rings. The summed E-state index contributed by atoms with van der Waals surface area (Å²) in [5.41, 5.74) is 3.94. The van der Waals surface area contributed by atoms with Crippen molar-refractivity contribution < 1.29 is 23.9 Å². The Morgan fingerprint density at radius 3 is 2.54 bits per heavy atom. The second-order valence-corrected chi connectivity index (χ2v) is 11.3. The van der Waals surface area contributed by atoms with Crippen LogP contribution in [0.5, 0.6) is 11.5 Å². The van der Waals surface area contributed by atoms with Crippen molar-refractivity contribution in [3.63, 3.8) is 0 Å². The highest BCUT2D eigenvalue weighted by atomic mass is 79.9. The third-order valence-corrected chi connectivity index (χ3v) is 8.41. The first-order chi connectivity index (χ1) is 18.6. The largest absolute Gasteiger partial charge is 0.493 e. The number of ether oxygens (including phenoxy) is 2. The van der Waals surface area contributed by atoms with Gasteiger partial charge in [0.1, 0.15) is 0 Å². The molecule has 0 aliphatic carbocycles. The molecule has 0 bridgehead atoms. The molecule has 0 atom stereocenters. The van der Waals surface area contributed by atoms with E-state index in [1.165, 1.54) is 7.11 Å². The van der Waals surface area contributed by atoms with Crippen molar-refractivity contribution in [3.8, 4) is 11.5 Å². The number of rotatable bonds is 8. The summed E-state index contributed by atoms with van der Waals surface area (Å²) in [5, 5.41) is 3.30. The quantitative estimate of drug-likeness (QED) is 0.253. The van der Waals surface area contributed by atoms with Crippen LogP contribution in [0.4, 0.5) is 10.5 Å². The zero-order chi connectivity index (χ0) is 28.3. The lowest BCUT2D eigenvalue weighted by Gasteiger charge is -2.14. The van der Waals surface area contributed by atoms with Crippen molar-refractivity contribution in [2.45, 2.75) is 20.4 Å². The molecule has 1 aliphatic rings. The Hall–Kier alpha value is -2.98. The van der Waals surface area contributed by atoms with E-state index in [0.717, 1.165) is 32.3 Å². The molecule has 3 aromatic carbocycles. The highest BCUT2D eigenvalue weighted by molar-refractivity contribution is 9.10. The van der Waals surface area contributed by atoms with E-state index in [-0.39, 0.29) is 24.0 Å². The van der Waals surface area contributed by atoms with E-state index in [1.807, 2.05) is 26.0 Å². The normalized spacial score (nSPS) is 14.2. The van der Waals surface area contributed by atoms with Gasteiger partial charge in [-0.15, -0.1) is 0 Å². The van der Waals surface area contributed by atoms with Crippen molar-refractivity contribution in [1.82, 2.24) is 4.90 Å². The van der Waals surface area contributed by atoms with Crippen molar-refractivity contribution >= 4 is 79.7 Å². The lowest BCUT2D eigenvalue weighted by molar-refractivity contribution is -0.123. The molecule has 1 N–H and O–H groups in total. The first-order valence-corrected chi connectivity index (χ1v) is 14.0. The number of nitrogens with zero attached hydrogens (tertiary/aromatic N) is 1. The average Bonchev–Trinajstić information content (AvgIpc) is 3.16. The van der Waals surface area contributed by atoms with E-state index in [0.29, 0.717) is 38.4 Å². The van der Waals surface area contributed by atoms with Crippen LogP contribution < -0.4 is 14.8 Å². The predicted molar refractivity (Wildman–Crippen MR) is 159 cm³/mol. The maximum atomic E-state index is 13.0. The maximum absolute atomic E-state index is 13.0. The summed E-state index contributed by atoms with van der Waals surface area (Å²) in [6, 6.07) is 13.6. The fraction of sp³-hybridized carbons (Fsp3) is 0.179. The Balaban J connectivity index is 1.43. The number of methoxy groups -OCH3 is 1. The molecule has 3 amide bonds. The molecule has 11 heteroatoms. The number of carbonyl (C=O) groups excluding carboxylic acids is 3. The standard InChI is InChI=1S/C28H23BrCl2N2O5S/c1-15-16(2)22(8-7-20(15)29)32-26(34)14-38-23-9-4-17(10-24(23)37-3)11-25-27(35)33(28(36)39-25)13-18-5-6-19(30)12-21(18)31/h4-12H,13-14H2,1-3H3,(H,32,34)/b25-11+. The Morgan fingerprint density at radius 2 is 1.82 bits per heavy atom. The van der Waals surface area contributed by atoms with E-state index in [9.17, 15) is 14.4 Å². The molecule has 0 radical (unpaired) electrons. The van der Waals surface area contributed by atoms with Gasteiger partial charge in [-0.2, -0.15) is 0 Å². The van der Waals surface area contributed by atoms with Crippen molar-refractivity contribution in [2.75, 3.05) is 19.0 Å². The Labute approximate surface area is 248 Å². The van der Waals surface area contributed by atoms with Crippen LogP contribution >= 0.6 is 50.9 Å². The number of carbonyl (C=O) groups is 3. The Morgan fingerprint density at radius 1 is 1.05 bits per heavy atom. The summed E-state index contributed by atoms with van der Waals surface area (Å²) >= 11 is 16.5. The zero-order valence-electron chi connectivity index (χ0n) is 21.1. The van der Waals surface area contributed by atoms with Gasteiger partial charge in [-0.1, -0.05) is 51.3 Å². The molecule has 4 rings (SSSR count). The van der Waals surface area contributed by atoms with Crippen molar-refractivity contribution in [3.05, 3.63) is 90.2 Å². The minimum Gasteiger partial charge on any atom is -0.493 e. The Kier molecular flexibility index (Phi) is 9.27. The van der Waals surface area contributed by atoms with Crippen LogP contribution in [0, 0.1) is 13.8 Å². The number of benzene rings is 3. The van der Waals surface area contributed by atoms with E-state index in [1.54, 1.807) is 42.5 Å². The number of imide groups is 1. The zero-order valence-corrected chi connectivity index (χ0v) is 25.1. The van der Waals surface area contributed by atoms with Gasteiger partial charge in [-0.05, 0) is 90.3 Å². The molecule has 0 unspecified atom stereocenters. The minimum atomic E-state index is -0.426. The first kappa shape index (κ1) is 29.0. The Bertz CT molecular complexity index is 1510. The molecule has 3 aromatic rings. The van der Waals surface area contributed by atoms with E-state index >= 15 is 0 Å². The molecule has 1 aliphatic heterocycles. The third kappa shape index (κ3) is 6.78. The molecule has 0 aromatic heterocycles. The number of halogens is 3. The molecule has 0 saturated carbocycles. The molecule has 39 heavy (non-hydrogen) atoms. The maximum Gasteiger partial charge on any atom is 0.293 e. The lowest BCUT2D eigenvalue weighted by atomic mass is 10.1. The molecule has 202 valence electrons. The summed E-state index contributed by atoms with van der Waals surface area (Å²) in [4.78, 5) is 39.4. The SMILES string of the molecule is COc1cc(/C=C2/SC(=O)N(Cc3ccc(Cl)cc3Cl)C2=O)ccc1OCC(=O)Nc1ccc(Br)c(C)c1C. The van der Waals surface area contributed by atoms with Crippen LogP contribution in [0.25, 0.3) is 6.08 Å².